The number of rotatable bonds is 3. The zero-order valence-electron chi connectivity index (χ0n) is 8.65. The maximum Gasteiger partial charge on any atom is 0.240 e. The molecule has 0 saturated heterocycles. The molecule has 5 nitrogen and oxygen atoms in total. The Hall–Kier alpha value is -1.52. The molecule has 0 spiro atoms. The number of anilines is 1. The minimum absolute atomic E-state index is 0.0200. The van der Waals surface area contributed by atoms with Crippen molar-refractivity contribution in [3.8, 4) is 0 Å². The van der Waals surface area contributed by atoms with E-state index in [0.717, 1.165) is 12.8 Å². The fraction of sp³-hybridized carbons (Fsp3) is 0.600. The maximum atomic E-state index is 11.6. The van der Waals surface area contributed by atoms with Crippen molar-refractivity contribution in [2.24, 2.45) is 0 Å². The second-order valence-corrected chi connectivity index (χ2v) is 3.96. The van der Waals surface area contributed by atoms with E-state index in [1.807, 2.05) is 0 Å². The summed E-state index contributed by atoms with van der Waals surface area (Å²) in [5, 5.41) is 3.00. The number of carbonyl (C=O) groups is 1. The Morgan fingerprint density at radius 1 is 1.60 bits per heavy atom. The Morgan fingerprint density at radius 2 is 2.33 bits per heavy atom. The molecule has 15 heavy (non-hydrogen) atoms. The third-order valence-electron chi connectivity index (χ3n) is 2.78. The standard InChI is InChI=1S/C10H16N4O/c11-10-12-5-6-14(10)7-9(15)13-8-3-1-2-4-8/h5-6,8H,1-4,7H2,(H2,11,12)(H,13,15). The number of nitrogens with two attached hydrogens (primary N) is 1. The normalized spacial score (nSPS) is 16.8. The van der Waals surface area contributed by atoms with Crippen LogP contribution in [0.5, 0.6) is 0 Å². The van der Waals surface area contributed by atoms with E-state index < -0.39 is 0 Å². The van der Waals surface area contributed by atoms with Crippen molar-refractivity contribution in [2.45, 2.75) is 38.3 Å². The van der Waals surface area contributed by atoms with Gasteiger partial charge in [-0.2, -0.15) is 0 Å². The van der Waals surface area contributed by atoms with E-state index in [4.69, 9.17) is 5.73 Å². The molecule has 0 unspecified atom stereocenters. The molecule has 82 valence electrons. The summed E-state index contributed by atoms with van der Waals surface area (Å²) < 4.78 is 1.64. The Kier molecular flexibility index (Phi) is 2.89. The molecule has 2 rings (SSSR count). The van der Waals surface area contributed by atoms with Crippen LogP contribution in [0.15, 0.2) is 12.4 Å². The van der Waals surface area contributed by atoms with Crippen molar-refractivity contribution >= 4 is 11.9 Å². The topological polar surface area (TPSA) is 72.9 Å². The highest BCUT2D eigenvalue weighted by Crippen LogP contribution is 2.17. The molecule has 1 amide bonds. The van der Waals surface area contributed by atoms with Crippen molar-refractivity contribution in [3.05, 3.63) is 12.4 Å². The zero-order chi connectivity index (χ0) is 10.7. The van der Waals surface area contributed by atoms with Gasteiger partial charge in [0, 0.05) is 18.4 Å². The van der Waals surface area contributed by atoms with Crippen molar-refractivity contribution in [1.29, 1.82) is 0 Å². The van der Waals surface area contributed by atoms with Crippen LogP contribution in [0, 0.1) is 0 Å². The number of aromatic nitrogens is 2. The van der Waals surface area contributed by atoms with Crippen LogP contribution in [0.25, 0.3) is 0 Å². The van der Waals surface area contributed by atoms with Crippen LogP contribution in [-0.4, -0.2) is 21.5 Å². The monoisotopic (exact) mass is 208 g/mol. The van der Waals surface area contributed by atoms with Gasteiger partial charge in [-0.1, -0.05) is 12.8 Å². The number of nitrogens with zero attached hydrogens (tertiary/aromatic N) is 2. The van der Waals surface area contributed by atoms with Crippen LogP contribution in [0.1, 0.15) is 25.7 Å². The first-order chi connectivity index (χ1) is 7.25. The molecule has 3 N–H and O–H groups in total. The third-order valence-corrected chi connectivity index (χ3v) is 2.78. The van der Waals surface area contributed by atoms with E-state index >= 15 is 0 Å². The molecular formula is C10H16N4O. The van der Waals surface area contributed by atoms with Crippen molar-refractivity contribution in [1.82, 2.24) is 14.9 Å². The molecule has 0 atom stereocenters. The lowest BCUT2D eigenvalue weighted by Gasteiger charge is -2.12. The van der Waals surface area contributed by atoms with Crippen molar-refractivity contribution in [3.63, 3.8) is 0 Å². The largest absolute Gasteiger partial charge is 0.369 e. The predicted molar refractivity (Wildman–Crippen MR) is 57.0 cm³/mol. The summed E-state index contributed by atoms with van der Waals surface area (Å²) in [5.41, 5.74) is 5.57. The highest BCUT2D eigenvalue weighted by Gasteiger charge is 2.17. The van der Waals surface area contributed by atoms with Gasteiger partial charge in [-0.15, -0.1) is 0 Å². The maximum absolute atomic E-state index is 11.6. The Bertz CT molecular complexity index is 341. The van der Waals surface area contributed by atoms with Crippen molar-refractivity contribution < 1.29 is 4.79 Å². The molecule has 1 aliphatic rings. The fourth-order valence-electron chi connectivity index (χ4n) is 1.97. The van der Waals surface area contributed by atoms with Gasteiger partial charge in [0.1, 0.15) is 6.54 Å². The molecule has 1 fully saturated rings. The molecule has 0 aliphatic heterocycles. The van der Waals surface area contributed by atoms with Crippen LogP contribution in [0.4, 0.5) is 5.95 Å². The van der Waals surface area contributed by atoms with Gasteiger partial charge in [0.25, 0.3) is 0 Å². The van der Waals surface area contributed by atoms with E-state index in [-0.39, 0.29) is 12.5 Å². The summed E-state index contributed by atoms with van der Waals surface area (Å²) in [6.45, 7) is 0.266. The summed E-state index contributed by atoms with van der Waals surface area (Å²) in [5.74, 6) is 0.406. The van der Waals surface area contributed by atoms with E-state index in [2.05, 4.69) is 10.3 Å². The SMILES string of the molecule is Nc1nccn1CC(=O)NC1CCCC1. The Balaban J connectivity index is 1.84. The van der Waals surface area contributed by atoms with Gasteiger partial charge in [0.15, 0.2) is 0 Å². The van der Waals surface area contributed by atoms with Crippen LogP contribution in [0.2, 0.25) is 0 Å². The number of nitrogens with one attached hydrogen (secondary N) is 1. The van der Waals surface area contributed by atoms with Crippen LogP contribution in [0.3, 0.4) is 0 Å². The minimum Gasteiger partial charge on any atom is -0.369 e. The number of imidazole rings is 1. The van der Waals surface area contributed by atoms with Crippen LogP contribution >= 0.6 is 0 Å². The molecule has 1 aliphatic carbocycles. The molecule has 0 radical (unpaired) electrons. The molecule has 1 heterocycles. The number of carbonyl (C=O) groups excluding carboxylic acids is 1. The highest BCUT2D eigenvalue weighted by molar-refractivity contribution is 5.76. The lowest BCUT2D eigenvalue weighted by Crippen LogP contribution is -2.35. The first kappa shape index (κ1) is 10.0. The molecular weight excluding hydrogens is 192 g/mol. The summed E-state index contributed by atoms with van der Waals surface area (Å²) in [4.78, 5) is 15.5. The fourth-order valence-corrected chi connectivity index (χ4v) is 1.97. The minimum atomic E-state index is 0.0200. The van der Waals surface area contributed by atoms with Gasteiger partial charge < -0.3 is 15.6 Å². The number of nitrogen functional groups attached to an aromatic ring is 1. The van der Waals surface area contributed by atoms with Gasteiger partial charge in [0.05, 0.1) is 0 Å². The third kappa shape index (κ3) is 2.49. The predicted octanol–water partition coefficient (Wildman–Crippen LogP) is 0.524. The van der Waals surface area contributed by atoms with Crippen molar-refractivity contribution in [2.75, 3.05) is 5.73 Å². The summed E-state index contributed by atoms with van der Waals surface area (Å²) in [6.07, 6.45) is 7.95. The molecule has 0 aromatic carbocycles. The summed E-state index contributed by atoms with van der Waals surface area (Å²) in [7, 11) is 0. The van der Waals surface area contributed by atoms with E-state index in [9.17, 15) is 4.79 Å². The summed E-state index contributed by atoms with van der Waals surface area (Å²) in [6, 6.07) is 0.363. The Morgan fingerprint density at radius 3 is 2.93 bits per heavy atom. The zero-order valence-corrected chi connectivity index (χ0v) is 8.65. The first-order valence-corrected chi connectivity index (χ1v) is 5.31. The summed E-state index contributed by atoms with van der Waals surface area (Å²) >= 11 is 0. The van der Waals surface area contributed by atoms with Gasteiger partial charge in [-0.3, -0.25) is 4.79 Å². The second kappa shape index (κ2) is 4.33. The molecule has 5 heteroatoms. The lowest BCUT2D eigenvalue weighted by molar-refractivity contribution is -0.122. The highest BCUT2D eigenvalue weighted by atomic mass is 16.2. The van der Waals surface area contributed by atoms with E-state index in [1.54, 1.807) is 17.0 Å². The lowest BCUT2D eigenvalue weighted by atomic mass is 10.2. The number of amides is 1. The quantitative estimate of drug-likeness (QED) is 0.760. The van der Waals surface area contributed by atoms with Crippen LogP contribution in [-0.2, 0) is 11.3 Å². The van der Waals surface area contributed by atoms with Gasteiger partial charge in [-0.05, 0) is 12.8 Å². The van der Waals surface area contributed by atoms with Gasteiger partial charge in [-0.25, -0.2) is 4.98 Å². The average molecular weight is 208 g/mol. The van der Waals surface area contributed by atoms with Crippen LogP contribution < -0.4 is 11.1 Å². The van der Waals surface area contributed by atoms with Gasteiger partial charge in [0.2, 0.25) is 11.9 Å². The smallest absolute Gasteiger partial charge is 0.240 e. The molecule has 1 aromatic rings. The number of hydrogen-bond acceptors (Lipinski definition) is 3. The van der Waals surface area contributed by atoms with Gasteiger partial charge >= 0.3 is 0 Å². The average Bonchev–Trinajstić information content (AvgIpc) is 2.79. The van der Waals surface area contributed by atoms with E-state index in [0.29, 0.717) is 12.0 Å². The molecule has 0 bridgehead atoms. The number of hydrogen-bond donors (Lipinski definition) is 2. The second-order valence-electron chi connectivity index (χ2n) is 3.96. The molecule has 1 aromatic heterocycles. The molecule has 1 saturated carbocycles. The van der Waals surface area contributed by atoms with E-state index in [1.165, 1.54) is 12.8 Å². The first-order valence-electron chi connectivity index (χ1n) is 5.31. The Labute approximate surface area is 88.7 Å².